The van der Waals surface area contributed by atoms with Crippen LogP contribution in [-0.2, 0) is 0 Å². The van der Waals surface area contributed by atoms with Gasteiger partial charge < -0.3 is 9.88 Å². The van der Waals surface area contributed by atoms with Gasteiger partial charge in [0, 0.05) is 12.7 Å². The van der Waals surface area contributed by atoms with Crippen LogP contribution in [0.25, 0.3) is 11.0 Å². The van der Waals surface area contributed by atoms with Crippen LogP contribution in [0.3, 0.4) is 0 Å². The number of hydrogen-bond donors (Lipinski definition) is 1. The van der Waals surface area contributed by atoms with Gasteiger partial charge in [-0.15, -0.1) is 0 Å². The molecule has 0 aliphatic carbocycles. The Bertz CT molecular complexity index is 810. The van der Waals surface area contributed by atoms with Crippen LogP contribution in [0.5, 0.6) is 0 Å². The molecule has 0 bridgehead atoms. The van der Waals surface area contributed by atoms with Crippen LogP contribution >= 0.6 is 0 Å². The zero-order valence-electron chi connectivity index (χ0n) is 12.0. The van der Waals surface area contributed by atoms with Gasteiger partial charge in [-0.25, -0.2) is 9.97 Å². The number of H-pyrrole nitrogens is 1. The fourth-order valence-corrected chi connectivity index (χ4v) is 3.08. The summed E-state index contributed by atoms with van der Waals surface area (Å²) in [7, 11) is 0. The average molecular weight is 289 g/mol. The highest BCUT2D eigenvalue weighted by molar-refractivity contribution is 5.75. The van der Waals surface area contributed by atoms with Crippen molar-refractivity contribution in [2.75, 3.05) is 11.4 Å². The Morgan fingerprint density at radius 2 is 2.14 bits per heavy atom. The molecule has 1 unspecified atom stereocenters. The quantitative estimate of drug-likeness (QED) is 0.786. The fourth-order valence-electron chi connectivity index (χ4n) is 3.08. The molecule has 4 rings (SSSR count). The fraction of sp³-hybridized carbons (Fsp3) is 0.235. The van der Waals surface area contributed by atoms with Gasteiger partial charge in [-0.3, -0.25) is 0 Å². The van der Waals surface area contributed by atoms with Gasteiger partial charge in [-0.1, -0.05) is 12.1 Å². The number of nitrogens with one attached hydrogen (secondary N) is 1. The minimum atomic E-state index is 0.216. The summed E-state index contributed by atoms with van der Waals surface area (Å²) in [5, 5.41) is 8.89. The second-order valence-corrected chi connectivity index (χ2v) is 5.51. The molecule has 0 radical (unpaired) electrons. The first-order chi connectivity index (χ1) is 10.8. The molecule has 1 fully saturated rings. The molecule has 1 aromatic carbocycles. The molecule has 3 heterocycles. The van der Waals surface area contributed by atoms with Crippen LogP contribution in [0.4, 0.5) is 5.82 Å². The maximum atomic E-state index is 8.89. The molecule has 0 spiro atoms. The molecule has 1 atom stereocenters. The highest BCUT2D eigenvalue weighted by atomic mass is 15.2. The van der Waals surface area contributed by atoms with Gasteiger partial charge in [0.25, 0.3) is 0 Å². The third-order valence-electron chi connectivity index (χ3n) is 4.15. The lowest BCUT2D eigenvalue weighted by Gasteiger charge is -2.24. The average Bonchev–Trinajstić information content (AvgIpc) is 3.21. The first kappa shape index (κ1) is 12.8. The topological polar surface area (TPSA) is 68.6 Å². The predicted octanol–water partition coefficient (Wildman–Crippen LogP) is 3.17. The van der Waals surface area contributed by atoms with Crippen molar-refractivity contribution in [1.29, 1.82) is 5.26 Å². The molecule has 0 saturated carbocycles. The highest BCUT2D eigenvalue weighted by Gasteiger charge is 2.29. The first-order valence-electron chi connectivity index (χ1n) is 7.42. The number of aromatic amines is 1. The van der Waals surface area contributed by atoms with Gasteiger partial charge in [0.2, 0.25) is 0 Å². The summed E-state index contributed by atoms with van der Waals surface area (Å²) in [5.41, 5.74) is 2.65. The summed E-state index contributed by atoms with van der Waals surface area (Å²) >= 11 is 0. The van der Waals surface area contributed by atoms with Gasteiger partial charge in [0.1, 0.15) is 17.7 Å². The smallest absolute Gasteiger partial charge is 0.130 e. The van der Waals surface area contributed by atoms with Gasteiger partial charge in [0.05, 0.1) is 22.6 Å². The van der Waals surface area contributed by atoms with Crippen molar-refractivity contribution in [3.8, 4) is 6.07 Å². The Morgan fingerprint density at radius 1 is 1.23 bits per heavy atom. The van der Waals surface area contributed by atoms with Gasteiger partial charge in [-0.2, -0.15) is 5.26 Å². The Hall–Kier alpha value is -2.87. The van der Waals surface area contributed by atoms with Crippen molar-refractivity contribution >= 4 is 16.9 Å². The first-order valence-corrected chi connectivity index (χ1v) is 7.42. The maximum Gasteiger partial charge on any atom is 0.130 e. The third kappa shape index (κ3) is 2.09. The lowest BCUT2D eigenvalue weighted by Crippen LogP contribution is -2.24. The lowest BCUT2D eigenvalue weighted by molar-refractivity contribution is 0.673. The Morgan fingerprint density at radius 3 is 2.91 bits per heavy atom. The second kappa shape index (κ2) is 5.15. The molecule has 0 amide bonds. The van der Waals surface area contributed by atoms with E-state index in [0.717, 1.165) is 42.1 Å². The van der Waals surface area contributed by atoms with E-state index in [9.17, 15) is 0 Å². The largest absolute Gasteiger partial charge is 0.346 e. The summed E-state index contributed by atoms with van der Waals surface area (Å²) in [6, 6.07) is 14.1. The van der Waals surface area contributed by atoms with E-state index in [4.69, 9.17) is 10.2 Å². The minimum absolute atomic E-state index is 0.216. The van der Waals surface area contributed by atoms with E-state index in [-0.39, 0.29) is 6.04 Å². The second-order valence-electron chi connectivity index (χ2n) is 5.51. The molecule has 1 saturated heterocycles. The Labute approximate surface area is 128 Å². The van der Waals surface area contributed by atoms with Crippen LogP contribution in [0, 0.1) is 11.3 Å². The van der Waals surface area contributed by atoms with Crippen molar-refractivity contribution in [3.05, 3.63) is 54.0 Å². The van der Waals surface area contributed by atoms with E-state index in [1.807, 2.05) is 36.4 Å². The zero-order chi connectivity index (χ0) is 14.9. The molecule has 1 aliphatic heterocycles. The van der Waals surface area contributed by atoms with Crippen LogP contribution in [0.2, 0.25) is 0 Å². The van der Waals surface area contributed by atoms with E-state index in [1.165, 1.54) is 0 Å². The molecule has 5 heteroatoms. The number of anilines is 1. The van der Waals surface area contributed by atoms with Gasteiger partial charge in [0.15, 0.2) is 0 Å². The van der Waals surface area contributed by atoms with Crippen LogP contribution in [0.15, 0.2) is 42.6 Å². The van der Waals surface area contributed by atoms with E-state index < -0.39 is 0 Å². The predicted molar refractivity (Wildman–Crippen MR) is 84.4 cm³/mol. The van der Waals surface area contributed by atoms with E-state index in [1.54, 1.807) is 6.20 Å². The number of imidazole rings is 1. The molecule has 5 nitrogen and oxygen atoms in total. The van der Waals surface area contributed by atoms with Gasteiger partial charge in [-0.05, 0) is 37.1 Å². The van der Waals surface area contributed by atoms with Gasteiger partial charge >= 0.3 is 0 Å². The standard InChI is InChI=1S/C17H15N5/c18-10-12-7-8-16(19-11-12)22-9-3-6-15(22)17-20-13-4-1-2-5-14(13)21-17/h1-2,4-5,7-8,11,15H,3,6,9H2,(H,20,21). The molecule has 22 heavy (non-hydrogen) atoms. The van der Waals surface area contributed by atoms with E-state index in [0.29, 0.717) is 5.56 Å². The molecular formula is C17H15N5. The zero-order valence-corrected chi connectivity index (χ0v) is 12.0. The minimum Gasteiger partial charge on any atom is -0.346 e. The summed E-state index contributed by atoms with van der Waals surface area (Å²) in [6.45, 7) is 0.959. The van der Waals surface area contributed by atoms with Crippen molar-refractivity contribution in [2.45, 2.75) is 18.9 Å². The molecular weight excluding hydrogens is 274 g/mol. The Balaban J connectivity index is 1.69. The monoisotopic (exact) mass is 289 g/mol. The van der Waals surface area contributed by atoms with Crippen molar-refractivity contribution in [2.24, 2.45) is 0 Å². The molecule has 2 aromatic heterocycles. The molecule has 1 aliphatic rings. The van der Waals surface area contributed by atoms with Crippen LogP contribution in [0.1, 0.15) is 30.3 Å². The molecule has 108 valence electrons. The normalized spacial score (nSPS) is 17.8. The van der Waals surface area contributed by atoms with Crippen LogP contribution in [-0.4, -0.2) is 21.5 Å². The lowest BCUT2D eigenvalue weighted by atomic mass is 10.2. The summed E-state index contributed by atoms with van der Waals surface area (Å²) in [4.78, 5) is 14.8. The van der Waals surface area contributed by atoms with Crippen LogP contribution < -0.4 is 4.90 Å². The summed E-state index contributed by atoms with van der Waals surface area (Å²) < 4.78 is 0. The van der Waals surface area contributed by atoms with Crippen molar-refractivity contribution < 1.29 is 0 Å². The molecule has 3 aromatic rings. The van der Waals surface area contributed by atoms with Crippen molar-refractivity contribution in [3.63, 3.8) is 0 Å². The van der Waals surface area contributed by atoms with Crippen molar-refractivity contribution in [1.82, 2.24) is 15.0 Å². The van der Waals surface area contributed by atoms with E-state index in [2.05, 4.69) is 20.9 Å². The van der Waals surface area contributed by atoms with E-state index >= 15 is 0 Å². The Kier molecular flexibility index (Phi) is 3.01. The molecule has 1 N–H and O–H groups in total. The number of aromatic nitrogens is 3. The summed E-state index contributed by atoms with van der Waals surface area (Å²) in [5.74, 6) is 1.90. The number of pyridine rings is 1. The summed E-state index contributed by atoms with van der Waals surface area (Å²) in [6.07, 6.45) is 3.80. The number of nitrogens with zero attached hydrogens (tertiary/aromatic N) is 4. The number of para-hydroxylation sites is 2. The number of fused-ring (bicyclic) bond motifs is 1. The number of benzene rings is 1. The SMILES string of the molecule is N#Cc1ccc(N2CCCC2c2nc3ccccc3[nH]2)nc1. The third-order valence-corrected chi connectivity index (χ3v) is 4.15. The maximum absolute atomic E-state index is 8.89. The number of rotatable bonds is 2. The number of hydrogen-bond acceptors (Lipinski definition) is 4. The highest BCUT2D eigenvalue weighted by Crippen LogP contribution is 2.34. The number of nitriles is 1.